The molecule has 0 saturated heterocycles. The maximum Gasteiger partial charge on any atom is 0.347 e. The summed E-state index contributed by atoms with van der Waals surface area (Å²) in [7, 11) is 0. The third kappa shape index (κ3) is 5.21. The van der Waals surface area contributed by atoms with Gasteiger partial charge >= 0.3 is 5.97 Å². The number of unbranched alkanes of at least 4 members (excludes halogenated alkanes) is 1. The Labute approximate surface area is 121 Å². The van der Waals surface area contributed by atoms with Crippen LogP contribution >= 0.6 is 23.1 Å². The van der Waals surface area contributed by atoms with Crippen LogP contribution in [0.3, 0.4) is 0 Å². The van der Waals surface area contributed by atoms with Crippen LogP contribution in [0.2, 0.25) is 0 Å². The van der Waals surface area contributed by atoms with Crippen molar-refractivity contribution in [2.24, 2.45) is 5.41 Å². The molecule has 0 amide bonds. The third-order valence-corrected chi connectivity index (χ3v) is 5.07. The maximum atomic E-state index is 10.9. The summed E-state index contributed by atoms with van der Waals surface area (Å²) in [5, 5.41) is 17.8. The standard InChI is InChI=1S/C13H18N2O2S2/c1-9-10(11(16)17)19-12(15-9)18-7-5-4-6-13(2,3)8-14/h4-7H2,1-3H3,(H,16,17). The van der Waals surface area contributed by atoms with Gasteiger partial charge in [-0.2, -0.15) is 5.26 Å². The number of carboxylic acids is 1. The Morgan fingerprint density at radius 2 is 2.21 bits per heavy atom. The van der Waals surface area contributed by atoms with E-state index in [0.717, 1.165) is 29.4 Å². The van der Waals surface area contributed by atoms with E-state index in [9.17, 15) is 4.79 Å². The van der Waals surface area contributed by atoms with Crippen molar-refractivity contribution in [3.8, 4) is 6.07 Å². The molecule has 104 valence electrons. The SMILES string of the molecule is Cc1nc(SCCCCC(C)(C)C#N)sc1C(=O)O. The van der Waals surface area contributed by atoms with Gasteiger partial charge in [0.05, 0.1) is 17.2 Å². The molecule has 1 heterocycles. The minimum atomic E-state index is -0.905. The molecule has 0 bridgehead atoms. The number of aromatic nitrogens is 1. The van der Waals surface area contributed by atoms with Gasteiger partial charge in [-0.1, -0.05) is 18.2 Å². The van der Waals surface area contributed by atoms with Crippen LogP contribution in [0.1, 0.15) is 48.5 Å². The van der Waals surface area contributed by atoms with E-state index in [2.05, 4.69) is 11.1 Å². The molecule has 4 nitrogen and oxygen atoms in total. The molecule has 0 radical (unpaired) electrons. The van der Waals surface area contributed by atoms with Crippen LogP contribution in [0.5, 0.6) is 0 Å². The van der Waals surface area contributed by atoms with E-state index in [0.29, 0.717) is 10.6 Å². The van der Waals surface area contributed by atoms with Crippen molar-refractivity contribution < 1.29 is 9.90 Å². The maximum absolute atomic E-state index is 10.9. The fourth-order valence-electron chi connectivity index (χ4n) is 1.52. The highest BCUT2D eigenvalue weighted by Crippen LogP contribution is 2.29. The lowest BCUT2D eigenvalue weighted by Crippen LogP contribution is -2.07. The second kappa shape index (κ2) is 6.92. The molecule has 0 aliphatic carbocycles. The number of rotatable bonds is 7. The van der Waals surface area contributed by atoms with E-state index in [1.165, 1.54) is 11.3 Å². The Kier molecular flexibility index (Phi) is 5.83. The highest BCUT2D eigenvalue weighted by molar-refractivity contribution is 8.01. The van der Waals surface area contributed by atoms with E-state index < -0.39 is 5.97 Å². The number of thiazole rings is 1. The molecular weight excluding hydrogens is 280 g/mol. The smallest absolute Gasteiger partial charge is 0.347 e. The first-order chi connectivity index (χ1) is 8.85. The van der Waals surface area contributed by atoms with Crippen LogP contribution in [0.4, 0.5) is 0 Å². The Bertz CT molecular complexity index is 489. The Morgan fingerprint density at radius 1 is 1.53 bits per heavy atom. The van der Waals surface area contributed by atoms with Crippen LogP contribution in [0.15, 0.2) is 4.34 Å². The predicted molar refractivity (Wildman–Crippen MR) is 77.8 cm³/mol. The van der Waals surface area contributed by atoms with Crippen molar-refractivity contribution in [2.75, 3.05) is 5.75 Å². The fourth-order valence-corrected chi connectivity index (χ4v) is 3.61. The van der Waals surface area contributed by atoms with Gasteiger partial charge in [0.2, 0.25) is 0 Å². The first-order valence-corrected chi connectivity index (χ1v) is 7.91. The number of carboxylic acid groups (broad SMARTS) is 1. The summed E-state index contributed by atoms with van der Waals surface area (Å²) in [6, 6.07) is 2.29. The average Bonchev–Trinajstić information content (AvgIpc) is 2.70. The minimum Gasteiger partial charge on any atom is -0.477 e. The van der Waals surface area contributed by atoms with Crippen molar-refractivity contribution in [1.29, 1.82) is 5.26 Å². The van der Waals surface area contributed by atoms with Gasteiger partial charge < -0.3 is 5.11 Å². The van der Waals surface area contributed by atoms with Gasteiger partial charge in [0.15, 0.2) is 4.34 Å². The van der Waals surface area contributed by atoms with Gasteiger partial charge in [-0.05, 0) is 33.6 Å². The summed E-state index contributed by atoms with van der Waals surface area (Å²) in [4.78, 5) is 15.5. The second-order valence-corrected chi connectivity index (χ2v) is 7.34. The lowest BCUT2D eigenvalue weighted by atomic mass is 9.89. The largest absolute Gasteiger partial charge is 0.477 e. The monoisotopic (exact) mass is 298 g/mol. The van der Waals surface area contributed by atoms with Gasteiger partial charge in [-0.3, -0.25) is 0 Å². The number of aromatic carboxylic acids is 1. The lowest BCUT2D eigenvalue weighted by molar-refractivity contribution is 0.0701. The molecule has 1 N–H and O–H groups in total. The molecule has 0 atom stereocenters. The molecule has 0 spiro atoms. The number of aryl methyl sites for hydroxylation is 1. The van der Waals surface area contributed by atoms with Crippen LogP contribution in [0.25, 0.3) is 0 Å². The number of hydrogen-bond donors (Lipinski definition) is 1. The van der Waals surface area contributed by atoms with Gasteiger partial charge in [0.25, 0.3) is 0 Å². The lowest BCUT2D eigenvalue weighted by Gasteiger charge is -2.13. The van der Waals surface area contributed by atoms with Gasteiger partial charge in [-0.25, -0.2) is 9.78 Å². The van der Waals surface area contributed by atoms with Crippen molar-refractivity contribution in [3.63, 3.8) is 0 Å². The van der Waals surface area contributed by atoms with Crippen LogP contribution in [-0.4, -0.2) is 21.8 Å². The molecule has 6 heteroatoms. The minimum absolute atomic E-state index is 0.251. The van der Waals surface area contributed by atoms with E-state index in [-0.39, 0.29) is 5.41 Å². The summed E-state index contributed by atoms with van der Waals surface area (Å²) >= 11 is 2.83. The zero-order valence-electron chi connectivity index (χ0n) is 11.4. The highest BCUT2D eigenvalue weighted by atomic mass is 32.2. The number of hydrogen-bond acceptors (Lipinski definition) is 5. The number of thioether (sulfide) groups is 1. The van der Waals surface area contributed by atoms with E-state index >= 15 is 0 Å². The van der Waals surface area contributed by atoms with Gasteiger partial charge in [-0.15, -0.1) is 11.3 Å². The fraction of sp³-hybridized carbons (Fsp3) is 0.615. The first kappa shape index (κ1) is 16.0. The van der Waals surface area contributed by atoms with Crippen LogP contribution < -0.4 is 0 Å². The molecule has 19 heavy (non-hydrogen) atoms. The van der Waals surface area contributed by atoms with Crippen LogP contribution in [0, 0.1) is 23.7 Å². The molecule has 1 aromatic heterocycles. The summed E-state index contributed by atoms with van der Waals surface area (Å²) in [6.07, 6.45) is 2.90. The zero-order chi connectivity index (χ0) is 14.5. The Balaban J connectivity index is 2.33. The van der Waals surface area contributed by atoms with E-state index in [1.54, 1.807) is 18.7 Å². The van der Waals surface area contributed by atoms with E-state index in [4.69, 9.17) is 10.4 Å². The topological polar surface area (TPSA) is 74.0 Å². The zero-order valence-corrected chi connectivity index (χ0v) is 13.0. The normalized spacial score (nSPS) is 11.3. The third-order valence-electron chi connectivity index (χ3n) is 2.70. The first-order valence-electron chi connectivity index (χ1n) is 6.10. The molecule has 0 fully saturated rings. The number of carbonyl (C=O) groups is 1. The molecule has 1 aromatic rings. The Hall–Kier alpha value is -1.06. The molecule has 0 unspecified atom stereocenters. The average molecular weight is 298 g/mol. The number of nitriles is 1. The van der Waals surface area contributed by atoms with Crippen LogP contribution in [-0.2, 0) is 0 Å². The summed E-state index contributed by atoms with van der Waals surface area (Å²) < 4.78 is 0.814. The second-order valence-electron chi connectivity index (χ2n) is 5.00. The van der Waals surface area contributed by atoms with Gasteiger partial charge in [0, 0.05) is 5.75 Å². The van der Waals surface area contributed by atoms with Crippen molar-refractivity contribution in [1.82, 2.24) is 4.98 Å². The highest BCUT2D eigenvalue weighted by Gasteiger charge is 2.16. The van der Waals surface area contributed by atoms with Gasteiger partial charge in [0.1, 0.15) is 4.88 Å². The summed E-state index contributed by atoms with van der Waals surface area (Å²) in [5.41, 5.74) is 0.337. The summed E-state index contributed by atoms with van der Waals surface area (Å²) in [5.74, 6) is 0.00526. The van der Waals surface area contributed by atoms with Crippen molar-refractivity contribution in [3.05, 3.63) is 10.6 Å². The molecule has 0 aromatic carbocycles. The predicted octanol–water partition coefficient (Wildman–Crippen LogP) is 3.96. The number of nitrogens with zero attached hydrogens (tertiary/aromatic N) is 2. The van der Waals surface area contributed by atoms with Crippen molar-refractivity contribution >= 4 is 29.1 Å². The molecule has 0 saturated carbocycles. The molecule has 0 aliphatic heterocycles. The molecule has 1 rings (SSSR count). The van der Waals surface area contributed by atoms with Crippen molar-refractivity contribution in [2.45, 2.75) is 44.4 Å². The summed E-state index contributed by atoms with van der Waals surface area (Å²) in [6.45, 7) is 5.62. The molecular formula is C13H18N2O2S2. The van der Waals surface area contributed by atoms with E-state index in [1.807, 2.05) is 13.8 Å². The quantitative estimate of drug-likeness (QED) is 0.609. The molecule has 0 aliphatic rings. The Morgan fingerprint density at radius 3 is 2.74 bits per heavy atom.